The monoisotopic (exact) mass is 494 g/mol. The zero-order chi connectivity index (χ0) is 24.9. The first-order chi connectivity index (χ1) is 16.6. The van der Waals surface area contributed by atoms with Crippen LogP contribution < -0.4 is 4.52 Å². The minimum Gasteiger partial charge on any atom is -0.354 e. The van der Waals surface area contributed by atoms with Gasteiger partial charge in [0.05, 0.1) is 11.4 Å². The lowest BCUT2D eigenvalue weighted by molar-refractivity contribution is -0.577. The highest BCUT2D eigenvalue weighted by Gasteiger charge is 2.25. The van der Waals surface area contributed by atoms with E-state index in [-0.39, 0.29) is 5.75 Å². The highest BCUT2D eigenvalue weighted by molar-refractivity contribution is 7.90. The second kappa shape index (κ2) is 9.06. The van der Waals surface area contributed by atoms with Crippen LogP contribution in [-0.2, 0) is 9.84 Å². The molecule has 35 heavy (non-hydrogen) atoms. The van der Waals surface area contributed by atoms with Gasteiger partial charge in [-0.05, 0) is 85.4 Å². The van der Waals surface area contributed by atoms with Crippen molar-refractivity contribution in [2.24, 2.45) is 0 Å². The summed E-state index contributed by atoms with van der Waals surface area (Å²) in [6, 6.07) is 6.90. The summed E-state index contributed by atoms with van der Waals surface area (Å²) < 4.78 is 25.1. The van der Waals surface area contributed by atoms with Gasteiger partial charge in [-0.1, -0.05) is 19.9 Å². The Balaban J connectivity index is 1.48. The summed E-state index contributed by atoms with van der Waals surface area (Å²) >= 11 is 0. The number of rotatable bonds is 6. The lowest BCUT2D eigenvalue weighted by Gasteiger charge is -2.32. The highest BCUT2D eigenvalue weighted by Crippen LogP contribution is 2.39. The van der Waals surface area contributed by atoms with Gasteiger partial charge in [0, 0.05) is 34.8 Å². The van der Waals surface area contributed by atoms with Gasteiger partial charge in [-0.3, -0.25) is 0 Å². The van der Waals surface area contributed by atoms with Crippen molar-refractivity contribution in [3.8, 4) is 11.3 Å². The molecule has 1 aliphatic rings. The van der Waals surface area contributed by atoms with Crippen LogP contribution in [0.4, 0.5) is 0 Å². The predicted molar refractivity (Wildman–Crippen MR) is 141 cm³/mol. The summed E-state index contributed by atoms with van der Waals surface area (Å²) in [6.07, 6.45) is 7.33. The first kappa shape index (κ1) is 24.0. The van der Waals surface area contributed by atoms with Crippen LogP contribution in [0.25, 0.3) is 27.8 Å². The summed E-state index contributed by atoms with van der Waals surface area (Å²) in [5, 5.41) is 4.51. The van der Waals surface area contributed by atoms with E-state index in [1.54, 1.807) is 6.33 Å². The van der Waals surface area contributed by atoms with E-state index >= 15 is 0 Å². The molecule has 1 aliphatic heterocycles. The van der Waals surface area contributed by atoms with Crippen molar-refractivity contribution in [3.63, 3.8) is 0 Å². The average Bonchev–Trinajstić information content (AvgIpc) is 3.44. The number of aryl methyl sites for hydroxylation is 1. The molecule has 0 aliphatic carbocycles. The summed E-state index contributed by atoms with van der Waals surface area (Å²) in [6.45, 7) is 11.4. The molecule has 8 heteroatoms. The average molecular weight is 495 g/mol. The Morgan fingerprint density at radius 1 is 1.17 bits per heavy atom. The van der Waals surface area contributed by atoms with Gasteiger partial charge in [-0.25, -0.2) is 8.42 Å². The van der Waals surface area contributed by atoms with Gasteiger partial charge in [0.15, 0.2) is 0 Å². The molecule has 1 fully saturated rings. The van der Waals surface area contributed by atoms with Crippen LogP contribution in [0.2, 0.25) is 0 Å². The number of H-pyrrole nitrogens is 2. The van der Waals surface area contributed by atoms with Crippen LogP contribution in [0.5, 0.6) is 0 Å². The van der Waals surface area contributed by atoms with E-state index < -0.39 is 9.84 Å². The lowest BCUT2D eigenvalue weighted by Crippen LogP contribution is -2.36. The summed E-state index contributed by atoms with van der Waals surface area (Å²) in [4.78, 5) is 10.5. The molecule has 186 valence electrons. The number of sulfone groups is 1. The SMILES string of the molecule is Cc1c(-c2[nH]c3ccc(C4CCN(CCS(C)(=O)=O)CC4)cc3c2C(C)C)c[n+]2[nH]cnc2c1C. The van der Waals surface area contributed by atoms with E-state index in [4.69, 9.17) is 0 Å². The van der Waals surface area contributed by atoms with Gasteiger partial charge in [0.2, 0.25) is 6.33 Å². The fraction of sp³-hybridized carbons (Fsp3) is 0.481. The molecule has 0 spiro atoms. The smallest absolute Gasteiger partial charge is 0.351 e. The maximum absolute atomic E-state index is 11.5. The van der Waals surface area contributed by atoms with Crippen molar-refractivity contribution in [1.82, 2.24) is 20.0 Å². The number of aromatic nitrogens is 4. The number of piperidine rings is 1. The molecule has 0 amide bonds. The minimum absolute atomic E-state index is 0.245. The largest absolute Gasteiger partial charge is 0.354 e. The number of pyridine rings is 1. The Labute approximate surface area is 207 Å². The van der Waals surface area contributed by atoms with Crippen LogP contribution in [0.15, 0.2) is 30.7 Å². The van der Waals surface area contributed by atoms with E-state index in [1.165, 1.54) is 50.7 Å². The molecule has 2 N–H and O–H groups in total. The molecule has 0 unspecified atom stereocenters. The Bertz CT molecular complexity index is 1490. The van der Waals surface area contributed by atoms with Crippen LogP contribution in [0.3, 0.4) is 0 Å². The number of fused-ring (bicyclic) bond motifs is 2. The number of nitrogens with zero attached hydrogens (tertiary/aromatic N) is 3. The van der Waals surface area contributed by atoms with Crippen molar-refractivity contribution < 1.29 is 12.9 Å². The predicted octanol–water partition coefficient (Wildman–Crippen LogP) is 4.26. The van der Waals surface area contributed by atoms with Crippen molar-refractivity contribution in [1.29, 1.82) is 0 Å². The highest BCUT2D eigenvalue weighted by atomic mass is 32.2. The Morgan fingerprint density at radius 2 is 1.91 bits per heavy atom. The number of benzene rings is 1. The lowest BCUT2D eigenvalue weighted by atomic mass is 9.87. The molecule has 5 rings (SSSR count). The maximum atomic E-state index is 11.5. The number of likely N-dealkylation sites (tertiary alicyclic amines) is 1. The molecule has 3 aromatic heterocycles. The Kier molecular flexibility index (Phi) is 6.21. The number of nitrogens with one attached hydrogen (secondary N) is 2. The third-order valence-corrected chi connectivity index (χ3v) is 8.64. The molecule has 4 aromatic rings. The first-order valence-corrected chi connectivity index (χ1v) is 14.6. The second-order valence-electron chi connectivity index (χ2n) is 10.5. The first-order valence-electron chi connectivity index (χ1n) is 12.5. The van der Waals surface area contributed by atoms with Crippen LogP contribution in [0.1, 0.15) is 60.8 Å². The fourth-order valence-corrected chi connectivity index (χ4v) is 6.17. The summed E-state index contributed by atoms with van der Waals surface area (Å²) in [5.41, 5.74) is 9.68. The third-order valence-electron chi connectivity index (χ3n) is 7.72. The molecule has 7 nitrogen and oxygen atoms in total. The summed E-state index contributed by atoms with van der Waals surface area (Å²) in [7, 11) is -2.91. The van der Waals surface area contributed by atoms with E-state index in [0.717, 1.165) is 31.6 Å². The molecule has 4 heterocycles. The standard InChI is InChI=1S/C27H35N5O2S/c1-17(2)25-22-14-21(20-8-10-31(11-9-20)12-13-35(5,33)34)6-7-24(22)30-26(25)23-15-32-27(28-16-29-32)19(4)18(23)3/h6-7,14-17,20,30H,8-13H2,1-5H3/p+1. The molecule has 0 radical (unpaired) electrons. The molecular formula is C27H36N5O2S+. The normalized spacial score (nSPS) is 16.2. The third kappa shape index (κ3) is 4.61. The minimum atomic E-state index is -2.91. The Hall–Kier alpha value is -2.71. The van der Waals surface area contributed by atoms with Gasteiger partial charge in [0.25, 0.3) is 0 Å². The van der Waals surface area contributed by atoms with Crippen LogP contribution in [-0.4, -0.2) is 60.0 Å². The van der Waals surface area contributed by atoms with Gasteiger partial charge < -0.3 is 9.88 Å². The van der Waals surface area contributed by atoms with Crippen molar-refractivity contribution in [2.75, 3.05) is 31.6 Å². The van der Waals surface area contributed by atoms with Gasteiger partial charge in [0.1, 0.15) is 16.0 Å². The zero-order valence-electron chi connectivity index (χ0n) is 21.4. The number of hydrogen-bond donors (Lipinski definition) is 2. The maximum Gasteiger partial charge on any atom is 0.351 e. The van der Waals surface area contributed by atoms with Crippen molar-refractivity contribution in [3.05, 3.63) is 53.0 Å². The van der Waals surface area contributed by atoms with E-state index in [1.807, 2.05) is 4.52 Å². The second-order valence-corrected chi connectivity index (χ2v) is 12.8. The molecule has 1 aromatic carbocycles. The van der Waals surface area contributed by atoms with Crippen molar-refractivity contribution in [2.45, 2.75) is 52.4 Å². The summed E-state index contributed by atoms with van der Waals surface area (Å²) in [5.74, 6) is 1.12. The quantitative estimate of drug-likeness (QED) is 0.392. The number of aromatic amines is 2. The topological polar surface area (TPSA) is 86.0 Å². The van der Waals surface area contributed by atoms with Crippen LogP contribution in [0, 0.1) is 13.8 Å². The van der Waals surface area contributed by atoms with E-state index in [9.17, 15) is 8.42 Å². The van der Waals surface area contributed by atoms with Gasteiger partial charge in [-0.2, -0.15) is 5.10 Å². The van der Waals surface area contributed by atoms with Gasteiger partial charge >= 0.3 is 5.65 Å². The van der Waals surface area contributed by atoms with Gasteiger partial charge in [-0.15, -0.1) is 4.52 Å². The molecule has 0 saturated carbocycles. The Morgan fingerprint density at radius 3 is 2.60 bits per heavy atom. The number of hydrogen-bond acceptors (Lipinski definition) is 4. The van der Waals surface area contributed by atoms with E-state index in [0.29, 0.717) is 18.4 Å². The molecule has 0 atom stereocenters. The molecule has 0 bridgehead atoms. The van der Waals surface area contributed by atoms with Crippen LogP contribution >= 0.6 is 0 Å². The van der Waals surface area contributed by atoms with Crippen molar-refractivity contribution >= 4 is 26.4 Å². The van der Waals surface area contributed by atoms with E-state index in [2.05, 4.69) is 72.1 Å². The zero-order valence-corrected chi connectivity index (χ0v) is 22.2. The molecule has 1 saturated heterocycles. The molecular weight excluding hydrogens is 458 g/mol. The fourth-order valence-electron chi connectivity index (χ4n) is 5.58.